The summed E-state index contributed by atoms with van der Waals surface area (Å²) in [5, 5.41) is 9.04. The van der Waals surface area contributed by atoms with Gasteiger partial charge in [0.25, 0.3) is 10.2 Å². The molecule has 0 aromatic heterocycles. The molecule has 8 heteroatoms. The Morgan fingerprint density at radius 1 is 1.32 bits per heavy atom. The van der Waals surface area contributed by atoms with Gasteiger partial charge in [-0.15, -0.1) is 0 Å². The van der Waals surface area contributed by atoms with E-state index in [1.54, 1.807) is 27.7 Å². The summed E-state index contributed by atoms with van der Waals surface area (Å²) in [6.07, 6.45) is -0.412. The highest BCUT2D eigenvalue weighted by Gasteiger charge is 2.35. The van der Waals surface area contributed by atoms with E-state index in [0.717, 1.165) is 0 Å². The lowest BCUT2D eigenvalue weighted by Gasteiger charge is -2.35. The molecule has 2 N–H and O–H groups in total. The minimum Gasteiger partial charge on any atom is -0.480 e. The predicted molar refractivity (Wildman–Crippen MR) is 69.9 cm³/mol. The highest BCUT2D eigenvalue weighted by atomic mass is 32.2. The van der Waals surface area contributed by atoms with Gasteiger partial charge in [-0.1, -0.05) is 13.8 Å². The second kappa shape index (κ2) is 6.17. The molecule has 19 heavy (non-hydrogen) atoms. The van der Waals surface area contributed by atoms with Gasteiger partial charge in [-0.05, 0) is 19.8 Å². The maximum atomic E-state index is 12.2. The van der Waals surface area contributed by atoms with E-state index < -0.39 is 22.2 Å². The largest absolute Gasteiger partial charge is 0.480 e. The van der Waals surface area contributed by atoms with E-state index >= 15 is 0 Å². The highest BCUT2D eigenvalue weighted by Crippen LogP contribution is 2.15. The summed E-state index contributed by atoms with van der Waals surface area (Å²) in [6.45, 7) is 7.34. The SMILES string of the molecule is CC1CN(S(=O)(=O)NC(C(=O)O)C(C)C)CC(C)O1. The number of carboxylic acid groups (broad SMARTS) is 1. The van der Waals surface area contributed by atoms with Crippen LogP contribution in [0.3, 0.4) is 0 Å². The first kappa shape index (κ1) is 16.4. The molecule has 3 unspecified atom stereocenters. The zero-order valence-electron chi connectivity index (χ0n) is 11.7. The van der Waals surface area contributed by atoms with E-state index in [-0.39, 0.29) is 31.2 Å². The Kier molecular flexibility index (Phi) is 5.31. The molecule has 0 spiro atoms. The van der Waals surface area contributed by atoms with Crippen LogP contribution in [0, 0.1) is 5.92 Å². The second-order valence-electron chi connectivity index (χ2n) is 5.26. The number of hydrogen-bond donors (Lipinski definition) is 2. The molecule has 0 aromatic carbocycles. The van der Waals surface area contributed by atoms with Gasteiger partial charge in [-0.3, -0.25) is 4.79 Å². The third-order valence-electron chi connectivity index (χ3n) is 2.93. The van der Waals surface area contributed by atoms with Crippen LogP contribution in [0.2, 0.25) is 0 Å². The monoisotopic (exact) mass is 294 g/mol. The summed E-state index contributed by atoms with van der Waals surface area (Å²) in [6, 6.07) is -1.13. The van der Waals surface area contributed by atoms with Gasteiger partial charge in [-0.25, -0.2) is 0 Å². The molecule has 0 aromatic rings. The number of rotatable bonds is 5. The number of carbonyl (C=O) groups is 1. The van der Waals surface area contributed by atoms with E-state index in [9.17, 15) is 13.2 Å². The number of carboxylic acids is 1. The number of nitrogens with one attached hydrogen (secondary N) is 1. The smallest absolute Gasteiger partial charge is 0.322 e. The molecule has 0 amide bonds. The third-order valence-corrected chi connectivity index (χ3v) is 4.46. The van der Waals surface area contributed by atoms with E-state index in [2.05, 4.69) is 4.72 Å². The van der Waals surface area contributed by atoms with Crippen molar-refractivity contribution in [3.63, 3.8) is 0 Å². The van der Waals surface area contributed by atoms with Crippen LogP contribution in [-0.4, -0.2) is 55.1 Å². The lowest BCUT2D eigenvalue weighted by molar-refractivity contribution is -0.140. The fraction of sp³-hybridized carbons (Fsp3) is 0.909. The average Bonchev–Trinajstić information content (AvgIpc) is 2.23. The highest BCUT2D eigenvalue weighted by molar-refractivity contribution is 7.87. The summed E-state index contributed by atoms with van der Waals surface area (Å²) >= 11 is 0. The Labute approximate surface area is 114 Å². The van der Waals surface area contributed by atoms with E-state index in [1.807, 2.05) is 0 Å². The van der Waals surface area contributed by atoms with Crippen molar-refractivity contribution < 1.29 is 23.1 Å². The van der Waals surface area contributed by atoms with E-state index in [1.165, 1.54) is 4.31 Å². The van der Waals surface area contributed by atoms with Crippen LogP contribution in [-0.2, 0) is 19.7 Å². The summed E-state index contributed by atoms with van der Waals surface area (Å²) in [5.74, 6) is -1.50. The molecule has 1 heterocycles. The van der Waals surface area contributed by atoms with Crippen LogP contribution in [0.5, 0.6) is 0 Å². The van der Waals surface area contributed by atoms with Gasteiger partial charge >= 0.3 is 5.97 Å². The number of hydrogen-bond acceptors (Lipinski definition) is 4. The van der Waals surface area contributed by atoms with Crippen molar-refractivity contribution in [3.05, 3.63) is 0 Å². The maximum Gasteiger partial charge on any atom is 0.322 e. The van der Waals surface area contributed by atoms with Crippen LogP contribution in [0.1, 0.15) is 27.7 Å². The molecule has 112 valence electrons. The molecule has 1 aliphatic rings. The van der Waals surface area contributed by atoms with Gasteiger partial charge in [0, 0.05) is 13.1 Å². The average molecular weight is 294 g/mol. The van der Waals surface area contributed by atoms with Crippen LogP contribution < -0.4 is 4.72 Å². The van der Waals surface area contributed by atoms with Crippen LogP contribution >= 0.6 is 0 Å². The summed E-state index contributed by atoms with van der Waals surface area (Å²) in [7, 11) is -3.82. The second-order valence-corrected chi connectivity index (χ2v) is 6.96. The normalized spacial score (nSPS) is 27.4. The summed E-state index contributed by atoms with van der Waals surface area (Å²) in [4.78, 5) is 11.1. The minimum atomic E-state index is -3.82. The standard InChI is InChI=1S/C11H22N2O5S/c1-7(2)10(11(14)15)12-19(16,17)13-5-8(3)18-9(4)6-13/h7-10,12H,5-6H2,1-4H3,(H,14,15). The topological polar surface area (TPSA) is 95.9 Å². The van der Waals surface area contributed by atoms with Gasteiger partial charge < -0.3 is 9.84 Å². The summed E-state index contributed by atoms with van der Waals surface area (Å²) in [5.41, 5.74) is 0. The quantitative estimate of drug-likeness (QED) is 0.746. The molecule has 1 rings (SSSR count). The van der Waals surface area contributed by atoms with Crippen LogP contribution in [0.15, 0.2) is 0 Å². The van der Waals surface area contributed by atoms with Crippen molar-refractivity contribution in [1.29, 1.82) is 0 Å². The number of nitrogens with zero attached hydrogens (tertiary/aromatic N) is 1. The van der Waals surface area contributed by atoms with Gasteiger partial charge in [-0.2, -0.15) is 17.4 Å². The fourth-order valence-corrected chi connectivity index (χ4v) is 3.69. The number of morpholine rings is 1. The first-order chi connectivity index (χ1) is 8.63. The van der Waals surface area contributed by atoms with Crippen LogP contribution in [0.25, 0.3) is 0 Å². The Hall–Kier alpha value is -0.700. The molecule has 0 aliphatic carbocycles. The first-order valence-electron chi connectivity index (χ1n) is 6.29. The molecule has 0 saturated carbocycles. The lowest BCUT2D eigenvalue weighted by Crippen LogP contribution is -2.55. The Morgan fingerprint density at radius 3 is 2.16 bits per heavy atom. The minimum absolute atomic E-state index is 0.206. The molecule has 7 nitrogen and oxygen atoms in total. The molecule has 0 bridgehead atoms. The maximum absolute atomic E-state index is 12.2. The summed E-state index contributed by atoms with van der Waals surface area (Å²) < 4.78 is 33.3. The molecular formula is C11H22N2O5S. The first-order valence-corrected chi connectivity index (χ1v) is 7.73. The van der Waals surface area contributed by atoms with Crippen molar-refractivity contribution in [2.75, 3.05) is 13.1 Å². The van der Waals surface area contributed by atoms with Gasteiger partial charge in [0.05, 0.1) is 12.2 Å². The molecule has 1 saturated heterocycles. The van der Waals surface area contributed by atoms with Crippen molar-refractivity contribution in [2.45, 2.75) is 45.9 Å². The molecule has 0 radical (unpaired) electrons. The number of ether oxygens (including phenoxy) is 1. The molecular weight excluding hydrogens is 272 g/mol. The fourth-order valence-electron chi connectivity index (χ4n) is 2.03. The van der Waals surface area contributed by atoms with E-state index in [0.29, 0.717) is 0 Å². The molecule has 1 fully saturated rings. The van der Waals surface area contributed by atoms with Gasteiger partial charge in [0.15, 0.2) is 0 Å². The van der Waals surface area contributed by atoms with Crippen molar-refractivity contribution >= 4 is 16.2 Å². The zero-order valence-corrected chi connectivity index (χ0v) is 12.5. The van der Waals surface area contributed by atoms with Gasteiger partial charge in [0.2, 0.25) is 0 Å². The number of aliphatic carboxylic acids is 1. The van der Waals surface area contributed by atoms with E-state index in [4.69, 9.17) is 9.84 Å². The zero-order chi connectivity index (χ0) is 14.8. The van der Waals surface area contributed by atoms with Crippen LogP contribution in [0.4, 0.5) is 0 Å². The molecule has 1 aliphatic heterocycles. The molecule has 3 atom stereocenters. The van der Waals surface area contributed by atoms with Crippen molar-refractivity contribution in [2.24, 2.45) is 5.92 Å². The van der Waals surface area contributed by atoms with Crippen molar-refractivity contribution in [1.82, 2.24) is 9.03 Å². The Balaban J connectivity index is 2.82. The Bertz CT molecular complexity index is 413. The van der Waals surface area contributed by atoms with Crippen molar-refractivity contribution in [3.8, 4) is 0 Å². The Morgan fingerprint density at radius 2 is 1.79 bits per heavy atom. The third kappa shape index (κ3) is 4.41. The predicted octanol–water partition coefficient (Wildman–Crippen LogP) is 0.0392. The van der Waals surface area contributed by atoms with Gasteiger partial charge in [0.1, 0.15) is 6.04 Å². The lowest BCUT2D eigenvalue weighted by atomic mass is 10.1.